The SMILES string of the molecule is CC(C)(C)OC(=O)NN1CCC[C@@]1(C)C(=O)O. The molecule has 0 aromatic rings. The molecule has 1 aliphatic rings. The highest BCUT2D eigenvalue weighted by molar-refractivity contribution is 5.79. The molecule has 1 fully saturated rings. The van der Waals surface area contributed by atoms with Crippen molar-refractivity contribution in [2.75, 3.05) is 6.54 Å². The first kappa shape index (κ1) is 13.8. The molecule has 1 aliphatic heterocycles. The number of carbonyl (C=O) groups excluding carboxylic acids is 1. The van der Waals surface area contributed by atoms with Crippen molar-refractivity contribution in [2.45, 2.75) is 51.7 Å². The van der Waals surface area contributed by atoms with Crippen LogP contribution in [-0.2, 0) is 9.53 Å². The van der Waals surface area contributed by atoms with E-state index in [4.69, 9.17) is 9.84 Å². The van der Waals surface area contributed by atoms with Crippen LogP contribution in [0.25, 0.3) is 0 Å². The second-order valence-electron chi connectivity index (χ2n) is 5.45. The van der Waals surface area contributed by atoms with Crippen LogP contribution in [0.1, 0.15) is 40.5 Å². The average Bonchev–Trinajstić information content (AvgIpc) is 2.45. The van der Waals surface area contributed by atoms with Crippen LogP contribution in [0, 0.1) is 0 Å². The summed E-state index contributed by atoms with van der Waals surface area (Å²) in [7, 11) is 0. The van der Waals surface area contributed by atoms with Gasteiger partial charge in [-0.1, -0.05) is 0 Å². The normalized spacial score (nSPS) is 25.6. The summed E-state index contributed by atoms with van der Waals surface area (Å²) in [5.41, 5.74) is 0.860. The van der Waals surface area contributed by atoms with Crippen molar-refractivity contribution in [3.05, 3.63) is 0 Å². The number of hydrogen-bond acceptors (Lipinski definition) is 4. The van der Waals surface area contributed by atoms with Crippen LogP contribution in [0.2, 0.25) is 0 Å². The number of nitrogens with zero attached hydrogens (tertiary/aromatic N) is 1. The third kappa shape index (κ3) is 3.33. The van der Waals surface area contributed by atoms with Gasteiger partial charge in [0.15, 0.2) is 0 Å². The third-order valence-corrected chi connectivity index (χ3v) is 2.73. The number of hydrogen-bond donors (Lipinski definition) is 2. The molecule has 6 heteroatoms. The maximum absolute atomic E-state index is 11.6. The largest absolute Gasteiger partial charge is 0.480 e. The van der Waals surface area contributed by atoms with Gasteiger partial charge in [0.05, 0.1) is 0 Å². The minimum atomic E-state index is -1.04. The van der Waals surface area contributed by atoms with Crippen LogP contribution < -0.4 is 5.43 Å². The second-order valence-corrected chi connectivity index (χ2v) is 5.45. The molecule has 0 aromatic heterocycles. The minimum absolute atomic E-state index is 0.512. The number of hydrazine groups is 1. The lowest BCUT2D eigenvalue weighted by Gasteiger charge is -2.31. The summed E-state index contributed by atoms with van der Waals surface area (Å²) in [4.78, 5) is 22.7. The molecule has 1 saturated heterocycles. The molecule has 1 rings (SSSR count). The molecule has 0 aliphatic carbocycles. The molecule has 0 spiro atoms. The summed E-state index contributed by atoms with van der Waals surface area (Å²) in [5.74, 6) is -0.939. The van der Waals surface area contributed by atoms with Gasteiger partial charge in [0.2, 0.25) is 0 Å². The van der Waals surface area contributed by atoms with Crippen molar-refractivity contribution in [1.29, 1.82) is 0 Å². The summed E-state index contributed by atoms with van der Waals surface area (Å²) in [6.07, 6.45) is 0.628. The Bertz CT molecular complexity index is 324. The molecule has 1 atom stereocenters. The fraction of sp³-hybridized carbons (Fsp3) is 0.818. The van der Waals surface area contributed by atoms with E-state index in [2.05, 4.69) is 5.43 Å². The fourth-order valence-electron chi connectivity index (χ4n) is 1.78. The number of rotatable bonds is 2. The van der Waals surface area contributed by atoms with Crippen molar-refractivity contribution < 1.29 is 19.4 Å². The zero-order valence-corrected chi connectivity index (χ0v) is 10.7. The topological polar surface area (TPSA) is 78.9 Å². The van der Waals surface area contributed by atoms with Crippen LogP contribution in [0.5, 0.6) is 0 Å². The van der Waals surface area contributed by atoms with Crippen molar-refractivity contribution in [3.63, 3.8) is 0 Å². The average molecular weight is 244 g/mol. The number of carboxylic acids is 1. The molecule has 1 heterocycles. The Morgan fingerprint density at radius 1 is 1.41 bits per heavy atom. The maximum Gasteiger partial charge on any atom is 0.422 e. The Hall–Kier alpha value is -1.30. The summed E-state index contributed by atoms with van der Waals surface area (Å²) < 4.78 is 5.09. The molecular weight excluding hydrogens is 224 g/mol. The van der Waals surface area contributed by atoms with E-state index in [0.29, 0.717) is 13.0 Å². The van der Waals surface area contributed by atoms with Gasteiger partial charge in [-0.25, -0.2) is 9.80 Å². The number of carboxylic acid groups (broad SMARTS) is 1. The Kier molecular flexibility index (Phi) is 3.66. The molecule has 0 unspecified atom stereocenters. The van der Waals surface area contributed by atoms with E-state index in [1.54, 1.807) is 27.7 Å². The number of ether oxygens (including phenoxy) is 1. The predicted molar refractivity (Wildman–Crippen MR) is 61.4 cm³/mol. The highest BCUT2D eigenvalue weighted by atomic mass is 16.6. The van der Waals surface area contributed by atoms with Crippen LogP contribution in [0.15, 0.2) is 0 Å². The van der Waals surface area contributed by atoms with Crippen LogP contribution in [0.3, 0.4) is 0 Å². The van der Waals surface area contributed by atoms with E-state index in [0.717, 1.165) is 6.42 Å². The van der Waals surface area contributed by atoms with Crippen molar-refractivity contribution >= 4 is 12.1 Å². The Labute approximate surface area is 101 Å². The van der Waals surface area contributed by atoms with E-state index in [1.807, 2.05) is 0 Å². The van der Waals surface area contributed by atoms with Crippen molar-refractivity contribution in [3.8, 4) is 0 Å². The van der Waals surface area contributed by atoms with Gasteiger partial charge in [-0.3, -0.25) is 10.2 Å². The monoisotopic (exact) mass is 244 g/mol. The van der Waals surface area contributed by atoms with E-state index < -0.39 is 23.2 Å². The quantitative estimate of drug-likeness (QED) is 0.767. The van der Waals surface area contributed by atoms with Gasteiger partial charge in [0.1, 0.15) is 11.1 Å². The lowest BCUT2D eigenvalue weighted by atomic mass is 10.0. The van der Waals surface area contributed by atoms with Crippen LogP contribution >= 0.6 is 0 Å². The van der Waals surface area contributed by atoms with Gasteiger partial charge in [0.25, 0.3) is 0 Å². The van der Waals surface area contributed by atoms with E-state index >= 15 is 0 Å². The van der Waals surface area contributed by atoms with Gasteiger partial charge < -0.3 is 9.84 Å². The highest BCUT2D eigenvalue weighted by Crippen LogP contribution is 2.27. The van der Waals surface area contributed by atoms with Gasteiger partial charge in [-0.05, 0) is 40.5 Å². The zero-order valence-electron chi connectivity index (χ0n) is 10.7. The number of amides is 1. The van der Waals surface area contributed by atoms with Crippen molar-refractivity contribution in [1.82, 2.24) is 10.4 Å². The summed E-state index contributed by atoms with van der Waals surface area (Å²) in [6.45, 7) is 7.38. The van der Waals surface area contributed by atoms with Gasteiger partial charge in [-0.2, -0.15) is 0 Å². The predicted octanol–water partition coefficient (Wildman–Crippen LogP) is 1.37. The standard InChI is InChI=1S/C11H20N2O4/c1-10(2,3)17-9(16)12-13-7-5-6-11(13,4)8(14)15/h5-7H2,1-4H3,(H,12,16)(H,14,15)/t11-/m0/s1. The number of nitrogens with one attached hydrogen (secondary N) is 1. The molecular formula is C11H20N2O4. The lowest BCUT2D eigenvalue weighted by molar-refractivity contribution is -0.150. The first-order chi connectivity index (χ1) is 7.65. The molecule has 98 valence electrons. The summed E-state index contributed by atoms with van der Waals surface area (Å²) in [6, 6.07) is 0. The second kappa shape index (κ2) is 4.52. The van der Waals surface area contributed by atoms with E-state index in [9.17, 15) is 9.59 Å². The minimum Gasteiger partial charge on any atom is -0.480 e. The highest BCUT2D eigenvalue weighted by Gasteiger charge is 2.44. The van der Waals surface area contributed by atoms with E-state index in [-0.39, 0.29) is 0 Å². The zero-order chi connectivity index (χ0) is 13.3. The Balaban J connectivity index is 2.63. The number of aliphatic carboxylic acids is 1. The Morgan fingerprint density at radius 2 is 2.00 bits per heavy atom. The van der Waals surface area contributed by atoms with Gasteiger partial charge >= 0.3 is 12.1 Å². The van der Waals surface area contributed by atoms with Crippen LogP contribution in [-0.4, -0.2) is 39.9 Å². The van der Waals surface area contributed by atoms with Crippen LogP contribution in [0.4, 0.5) is 4.79 Å². The first-order valence-corrected chi connectivity index (χ1v) is 5.66. The molecule has 0 bridgehead atoms. The van der Waals surface area contributed by atoms with Gasteiger partial charge in [0, 0.05) is 6.54 Å². The molecule has 2 N–H and O–H groups in total. The first-order valence-electron chi connectivity index (χ1n) is 5.66. The summed E-state index contributed by atoms with van der Waals surface area (Å²) >= 11 is 0. The molecule has 0 aromatic carbocycles. The maximum atomic E-state index is 11.6. The fourth-order valence-corrected chi connectivity index (χ4v) is 1.78. The molecule has 6 nitrogen and oxygen atoms in total. The molecule has 17 heavy (non-hydrogen) atoms. The third-order valence-electron chi connectivity index (χ3n) is 2.73. The molecule has 0 saturated carbocycles. The lowest BCUT2D eigenvalue weighted by Crippen LogP contribution is -2.56. The smallest absolute Gasteiger partial charge is 0.422 e. The molecule has 0 radical (unpaired) electrons. The van der Waals surface area contributed by atoms with E-state index in [1.165, 1.54) is 5.01 Å². The Morgan fingerprint density at radius 3 is 2.47 bits per heavy atom. The van der Waals surface area contributed by atoms with Crippen molar-refractivity contribution in [2.24, 2.45) is 0 Å². The summed E-state index contributed by atoms with van der Waals surface area (Å²) in [5, 5.41) is 10.6. The number of carbonyl (C=O) groups is 2. The van der Waals surface area contributed by atoms with Gasteiger partial charge in [-0.15, -0.1) is 0 Å². The molecule has 1 amide bonds.